The fourth-order valence-corrected chi connectivity index (χ4v) is 2.76. The van der Waals surface area contributed by atoms with Gasteiger partial charge in [0, 0.05) is 23.6 Å². The van der Waals surface area contributed by atoms with E-state index >= 15 is 0 Å². The average Bonchev–Trinajstić information content (AvgIpc) is 2.77. The monoisotopic (exact) mass is 311 g/mol. The van der Waals surface area contributed by atoms with Crippen molar-refractivity contribution < 1.29 is 4.79 Å². The molecule has 4 nitrogen and oxygen atoms in total. The number of hydrogen-bond acceptors (Lipinski definition) is 3. The van der Waals surface area contributed by atoms with Crippen molar-refractivity contribution in [1.29, 1.82) is 0 Å². The van der Waals surface area contributed by atoms with Crippen LogP contribution in [0.3, 0.4) is 0 Å². The number of hydrogen-bond donors (Lipinski definition) is 2. The first-order chi connectivity index (χ1) is 8.49. The van der Waals surface area contributed by atoms with Crippen LogP contribution < -0.4 is 16.4 Å². The molecule has 0 spiro atoms. The van der Waals surface area contributed by atoms with E-state index in [1.165, 1.54) is 0 Å². The van der Waals surface area contributed by atoms with E-state index in [1.807, 2.05) is 19.1 Å². The summed E-state index contributed by atoms with van der Waals surface area (Å²) >= 11 is 3.43. The molecule has 4 N–H and O–H groups in total. The Morgan fingerprint density at radius 1 is 1.56 bits per heavy atom. The van der Waals surface area contributed by atoms with Crippen LogP contribution in [0.25, 0.3) is 0 Å². The standard InChI is InChI=1S/C13H18BrN3O/c1-8(15)9-4-5-17(7-9)12-6-10(14)2-3-11(12)13(16)18/h2-3,6,8-9H,4-5,7,15H2,1H3,(H2,16,18). The summed E-state index contributed by atoms with van der Waals surface area (Å²) in [5, 5.41) is 0. The fraction of sp³-hybridized carbons (Fsp3) is 0.462. The molecular formula is C13H18BrN3O. The molecule has 2 unspecified atom stereocenters. The third kappa shape index (κ3) is 2.67. The van der Waals surface area contributed by atoms with Crippen molar-refractivity contribution in [3.8, 4) is 0 Å². The Morgan fingerprint density at radius 2 is 2.28 bits per heavy atom. The Hall–Kier alpha value is -1.07. The minimum Gasteiger partial charge on any atom is -0.371 e. The molecule has 1 aromatic carbocycles. The van der Waals surface area contributed by atoms with Crippen molar-refractivity contribution in [3.63, 3.8) is 0 Å². The van der Waals surface area contributed by atoms with Gasteiger partial charge in [0.25, 0.3) is 5.91 Å². The minimum atomic E-state index is -0.387. The highest BCUT2D eigenvalue weighted by Gasteiger charge is 2.27. The van der Waals surface area contributed by atoms with E-state index in [0.29, 0.717) is 11.5 Å². The maximum Gasteiger partial charge on any atom is 0.250 e. The van der Waals surface area contributed by atoms with Gasteiger partial charge in [-0.3, -0.25) is 4.79 Å². The second-order valence-corrected chi connectivity index (χ2v) is 5.80. The zero-order valence-electron chi connectivity index (χ0n) is 10.4. The van der Waals surface area contributed by atoms with E-state index in [-0.39, 0.29) is 11.9 Å². The molecular weight excluding hydrogens is 294 g/mol. The third-order valence-electron chi connectivity index (χ3n) is 3.53. The van der Waals surface area contributed by atoms with Crippen LogP contribution in [0.2, 0.25) is 0 Å². The molecule has 2 atom stereocenters. The van der Waals surface area contributed by atoms with Crippen LogP contribution in [0, 0.1) is 5.92 Å². The van der Waals surface area contributed by atoms with E-state index in [2.05, 4.69) is 20.8 Å². The van der Waals surface area contributed by atoms with Gasteiger partial charge in [-0.15, -0.1) is 0 Å². The molecule has 1 heterocycles. The first-order valence-corrected chi connectivity index (χ1v) is 6.88. The molecule has 0 radical (unpaired) electrons. The van der Waals surface area contributed by atoms with Gasteiger partial charge in [-0.2, -0.15) is 0 Å². The highest BCUT2D eigenvalue weighted by Crippen LogP contribution is 2.30. The average molecular weight is 312 g/mol. The van der Waals surface area contributed by atoms with E-state index in [1.54, 1.807) is 6.07 Å². The number of amides is 1. The summed E-state index contributed by atoms with van der Waals surface area (Å²) in [6.45, 7) is 3.83. The van der Waals surface area contributed by atoms with Crippen molar-refractivity contribution in [3.05, 3.63) is 28.2 Å². The van der Waals surface area contributed by atoms with Gasteiger partial charge in [0.1, 0.15) is 0 Å². The maximum absolute atomic E-state index is 11.5. The molecule has 18 heavy (non-hydrogen) atoms. The summed E-state index contributed by atoms with van der Waals surface area (Å²) in [4.78, 5) is 13.7. The van der Waals surface area contributed by atoms with E-state index in [0.717, 1.165) is 29.7 Å². The second kappa shape index (κ2) is 5.28. The number of primary amides is 1. The van der Waals surface area contributed by atoms with Gasteiger partial charge in [0.2, 0.25) is 0 Å². The quantitative estimate of drug-likeness (QED) is 0.892. The number of nitrogens with zero attached hydrogens (tertiary/aromatic N) is 1. The lowest BCUT2D eigenvalue weighted by Crippen LogP contribution is -2.30. The Bertz CT molecular complexity index is 462. The van der Waals surface area contributed by atoms with Crippen LogP contribution in [-0.4, -0.2) is 25.0 Å². The SMILES string of the molecule is CC(N)C1CCN(c2cc(Br)ccc2C(N)=O)C1. The van der Waals surface area contributed by atoms with Gasteiger partial charge >= 0.3 is 0 Å². The van der Waals surface area contributed by atoms with Gasteiger partial charge in [-0.25, -0.2) is 0 Å². The fourth-order valence-electron chi connectivity index (χ4n) is 2.41. The summed E-state index contributed by atoms with van der Waals surface area (Å²) in [7, 11) is 0. The van der Waals surface area contributed by atoms with Crippen LogP contribution in [0.5, 0.6) is 0 Å². The zero-order valence-corrected chi connectivity index (χ0v) is 12.0. The summed E-state index contributed by atoms with van der Waals surface area (Å²) in [6, 6.07) is 5.73. The maximum atomic E-state index is 11.5. The van der Waals surface area contributed by atoms with Crippen molar-refractivity contribution in [2.75, 3.05) is 18.0 Å². The Labute approximate surface area is 115 Å². The van der Waals surface area contributed by atoms with E-state index in [4.69, 9.17) is 11.5 Å². The van der Waals surface area contributed by atoms with Gasteiger partial charge in [-0.05, 0) is 37.5 Å². The highest BCUT2D eigenvalue weighted by molar-refractivity contribution is 9.10. The number of nitrogens with two attached hydrogens (primary N) is 2. The molecule has 0 aliphatic carbocycles. The van der Waals surface area contributed by atoms with Gasteiger partial charge in [0.15, 0.2) is 0 Å². The number of anilines is 1. The molecule has 1 aliphatic heterocycles. The van der Waals surface area contributed by atoms with Crippen LogP contribution in [0.15, 0.2) is 22.7 Å². The minimum absolute atomic E-state index is 0.180. The van der Waals surface area contributed by atoms with Crippen molar-refractivity contribution in [2.45, 2.75) is 19.4 Å². The molecule has 0 bridgehead atoms. The van der Waals surface area contributed by atoms with E-state index in [9.17, 15) is 4.79 Å². The zero-order chi connectivity index (χ0) is 13.3. The van der Waals surface area contributed by atoms with Crippen LogP contribution in [0.4, 0.5) is 5.69 Å². The number of carbonyl (C=O) groups excluding carboxylic acids is 1. The topological polar surface area (TPSA) is 72.3 Å². The van der Waals surface area contributed by atoms with Crippen LogP contribution in [-0.2, 0) is 0 Å². The number of benzene rings is 1. The molecule has 1 fully saturated rings. The largest absolute Gasteiger partial charge is 0.371 e. The first kappa shape index (κ1) is 13.4. The summed E-state index contributed by atoms with van der Waals surface area (Å²) in [5.41, 5.74) is 12.8. The number of halogens is 1. The Morgan fingerprint density at radius 3 is 2.83 bits per heavy atom. The molecule has 1 saturated heterocycles. The van der Waals surface area contributed by atoms with Crippen LogP contribution in [0.1, 0.15) is 23.7 Å². The second-order valence-electron chi connectivity index (χ2n) is 4.88. The summed E-state index contributed by atoms with van der Waals surface area (Å²) < 4.78 is 0.951. The molecule has 1 aromatic rings. The van der Waals surface area contributed by atoms with Crippen molar-refractivity contribution in [1.82, 2.24) is 0 Å². The van der Waals surface area contributed by atoms with Gasteiger partial charge in [0.05, 0.1) is 11.3 Å². The predicted molar refractivity (Wildman–Crippen MR) is 76.6 cm³/mol. The first-order valence-electron chi connectivity index (χ1n) is 6.09. The van der Waals surface area contributed by atoms with Gasteiger partial charge in [-0.1, -0.05) is 15.9 Å². The molecule has 5 heteroatoms. The predicted octanol–water partition coefficient (Wildman–Crippen LogP) is 1.72. The van der Waals surface area contributed by atoms with E-state index < -0.39 is 0 Å². The van der Waals surface area contributed by atoms with Gasteiger partial charge < -0.3 is 16.4 Å². The number of carbonyl (C=O) groups is 1. The third-order valence-corrected chi connectivity index (χ3v) is 4.03. The lowest BCUT2D eigenvalue weighted by Gasteiger charge is -2.22. The Balaban J connectivity index is 2.28. The molecule has 2 rings (SSSR count). The molecule has 0 saturated carbocycles. The summed E-state index contributed by atoms with van der Waals surface area (Å²) in [6.07, 6.45) is 1.06. The molecule has 98 valence electrons. The summed E-state index contributed by atoms with van der Waals surface area (Å²) in [5.74, 6) is 0.0893. The molecule has 0 aromatic heterocycles. The lowest BCUT2D eigenvalue weighted by molar-refractivity contribution is 0.100. The van der Waals surface area contributed by atoms with Crippen molar-refractivity contribution >= 4 is 27.5 Å². The molecule has 1 amide bonds. The smallest absolute Gasteiger partial charge is 0.250 e. The van der Waals surface area contributed by atoms with Crippen LogP contribution >= 0.6 is 15.9 Å². The highest BCUT2D eigenvalue weighted by atomic mass is 79.9. The number of rotatable bonds is 3. The molecule has 1 aliphatic rings. The normalized spacial score (nSPS) is 21.1. The Kier molecular flexibility index (Phi) is 3.92. The van der Waals surface area contributed by atoms with Crippen molar-refractivity contribution in [2.24, 2.45) is 17.4 Å². The lowest BCUT2D eigenvalue weighted by atomic mass is 10.0.